The third-order valence-corrected chi connectivity index (χ3v) is 4.96. The summed E-state index contributed by atoms with van der Waals surface area (Å²) in [4.78, 5) is 5.05. The number of likely N-dealkylation sites (tertiary alicyclic amines) is 1. The van der Waals surface area contributed by atoms with Gasteiger partial charge in [-0.1, -0.05) is 6.92 Å². The van der Waals surface area contributed by atoms with E-state index >= 15 is 0 Å². The van der Waals surface area contributed by atoms with Gasteiger partial charge in [-0.15, -0.1) is 0 Å². The first-order valence-corrected chi connectivity index (χ1v) is 8.32. The van der Waals surface area contributed by atoms with Gasteiger partial charge in [0.05, 0.1) is 6.61 Å². The van der Waals surface area contributed by atoms with Crippen molar-refractivity contribution in [3.63, 3.8) is 0 Å². The van der Waals surface area contributed by atoms with Gasteiger partial charge in [0.25, 0.3) is 0 Å². The number of hydrogen-bond acceptors (Lipinski definition) is 4. The first kappa shape index (κ1) is 16.2. The van der Waals surface area contributed by atoms with Gasteiger partial charge in [0.15, 0.2) is 0 Å². The Morgan fingerprint density at radius 1 is 1.30 bits per heavy atom. The summed E-state index contributed by atoms with van der Waals surface area (Å²) in [6, 6.07) is 0.778. The van der Waals surface area contributed by atoms with Crippen molar-refractivity contribution in [1.29, 1.82) is 0 Å². The Morgan fingerprint density at radius 2 is 2.05 bits per heavy atom. The molecule has 2 saturated heterocycles. The summed E-state index contributed by atoms with van der Waals surface area (Å²) in [6.45, 7) is 10.1. The smallest absolute Gasteiger partial charge is 0.0547 e. The second-order valence-corrected chi connectivity index (χ2v) is 6.95. The molecule has 2 aliphatic heterocycles. The molecule has 2 heterocycles. The van der Waals surface area contributed by atoms with Gasteiger partial charge in [0.1, 0.15) is 0 Å². The minimum absolute atomic E-state index is 0.361. The molecule has 0 spiro atoms. The summed E-state index contributed by atoms with van der Waals surface area (Å²) in [7, 11) is 4.42. The van der Waals surface area contributed by atoms with Crippen molar-refractivity contribution in [2.45, 2.75) is 38.6 Å². The zero-order chi connectivity index (χ0) is 14.4. The molecule has 2 fully saturated rings. The molecule has 1 unspecified atom stereocenters. The van der Waals surface area contributed by atoms with Gasteiger partial charge in [-0.2, -0.15) is 0 Å². The molecular formula is C16H33N3O. The van der Waals surface area contributed by atoms with Crippen molar-refractivity contribution in [2.24, 2.45) is 5.41 Å². The fraction of sp³-hybridized carbons (Fsp3) is 1.00. The largest absolute Gasteiger partial charge is 0.381 e. The molecular weight excluding hydrogens is 250 g/mol. The van der Waals surface area contributed by atoms with Gasteiger partial charge in [0.2, 0.25) is 0 Å². The molecule has 0 aromatic rings. The lowest BCUT2D eigenvalue weighted by molar-refractivity contribution is 0.0783. The molecule has 2 rings (SSSR count). The lowest BCUT2D eigenvalue weighted by Gasteiger charge is -2.40. The van der Waals surface area contributed by atoms with Gasteiger partial charge >= 0.3 is 0 Å². The van der Waals surface area contributed by atoms with E-state index in [0.29, 0.717) is 5.41 Å². The van der Waals surface area contributed by atoms with Gasteiger partial charge < -0.3 is 19.9 Å². The predicted molar refractivity (Wildman–Crippen MR) is 84.2 cm³/mol. The molecule has 0 amide bonds. The highest BCUT2D eigenvalue weighted by molar-refractivity contribution is 4.90. The average Bonchev–Trinajstić information content (AvgIpc) is 2.88. The van der Waals surface area contributed by atoms with E-state index in [1.807, 2.05) is 0 Å². The fourth-order valence-electron chi connectivity index (χ4n) is 3.57. The lowest BCUT2D eigenvalue weighted by atomic mass is 9.85. The third kappa shape index (κ3) is 4.42. The monoisotopic (exact) mass is 283 g/mol. The van der Waals surface area contributed by atoms with Crippen LogP contribution in [0.25, 0.3) is 0 Å². The van der Waals surface area contributed by atoms with Crippen molar-refractivity contribution in [2.75, 3.05) is 60.0 Å². The maximum atomic E-state index is 5.72. The standard InChI is InChI=1S/C16H33N3O/c1-4-8-17-12-16(7-11-20-14-16)13-19-9-5-15(6-10-19)18(2)3/h15,17H,4-14H2,1-3H3. The second-order valence-electron chi connectivity index (χ2n) is 6.95. The number of nitrogens with one attached hydrogen (secondary N) is 1. The van der Waals surface area contributed by atoms with Crippen molar-refractivity contribution < 1.29 is 4.74 Å². The van der Waals surface area contributed by atoms with Crippen LogP contribution in [-0.4, -0.2) is 75.9 Å². The van der Waals surface area contributed by atoms with Crippen molar-refractivity contribution in [3.8, 4) is 0 Å². The lowest BCUT2D eigenvalue weighted by Crippen LogP contribution is -2.49. The fourth-order valence-corrected chi connectivity index (χ4v) is 3.57. The Bertz CT molecular complexity index is 269. The van der Waals surface area contributed by atoms with Crippen LogP contribution in [-0.2, 0) is 4.74 Å². The number of hydrogen-bond donors (Lipinski definition) is 1. The molecule has 20 heavy (non-hydrogen) atoms. The zero-order valence-electron chi connectivity index (χ0n) is 13.7. The van der Waals surface area contributed by atoms with E-state index in [0.717, 1.165) is 32.3 Å². The molecule has 118 valence electrons. The molecule has 1 atom stereocenters. The highest BCUT2D eigenvalue weighted by Gasteiger charge is 2.37. The van der Waals surface area contributed by atoms with E-state index in [2.05, 4.69) is 36.1 Å². The van der Waals surface area contributed by atoms with Gasteiger partial charge in [0, 0.05) is 31.2 Å². The van der Waals surface area contributed by atoms with Crippen molar-refractivity contribution >= 4 is 0 Å². The Labute approximate surface area is 124 Å². The Balaban J connectivity index is 1.80. The Kier molecular flexibility index (Phi) is 6.27. The van der Waals surface area contributed by atoms with E-state index in [1.165, 1.54) is 45.3 Å². The van der Waals surface area contributed by atoms with Gasteiger partial charge in [-0.3, -0.25) is 0 Å². The number of piperidine rings is 1. The van der Waals surface area contributed by atoms with E-state index in [-0.39, 0.29) is 0 Å². The van der Waals surface area contributed by atoms with Crippen LogP contribution < -0.4 is 5.32 Å². The number of ether oxygens (including phenoxy) is 1. The minimum Gasteiger partial charge on any atom is -0.381 e. The maximum Gasteiger partial charge on any atom is 0.0547 e. The van der Waals surface area contributed by atoms with Crippen LogP contribution in [0.15, 0.2) is 0 Å². The highest BCUT2D eigenvalue weighted by atomic mass is 16.5. The predicted octanol–water partition coefficient (Wildman–Crippen LogP) is 1.42. The first-order chi connectivity index (χ1) is 9.65. The quantitative estimate of drug-likeness (QED) is 0.715. The topological polar surface area (TPSA) is 27.7 Å². The summed E-state index contributed by atoms with van der Waals surface area (Å²) < 4.78 is 5.72. The van der Waals surface area contributed by atoms with Crippen molar-refractivity contribution in [3.05, 3.63) is 0 Å². The summed E-state index contributed by atoms with van der Waals surface area (Å²) in [6.07, 6.45) is 5.06. The molecule has 0 saturated carbocycles. The molecule has 0 aromatic heterocycles. The normalized spacial score (nSPS) is 29.4. The molecule has 0 radical (unpaired) electrons. The molecule has 1 N–H and O–H groups in total. The zero-order valence-corrected chi connectivity index (χ0v) is 13.7. The van der Waals surface area contributed by atoms with Crippen LogP contribution in [0.1, 0.15) is 32.6 Å². The van der Waals surface area contributed by atoms with Crippen LogP contribution in [0.4, 0.5) is 0 Å². The van der Waals surface area contributed by atoms with Gasteiger partial charge in [-0.05, 0) is 59.4 Å². The minimum atomic E-state index is 0.361. The van der Waals surface area contributed by atoms with E-state index < -0.39 is 0 Å². The van der Waals surface area contributed by atoms with Crippen LogP contribution in [0, 0.1) is 5.41 Å². The molecule has 0 bridgehead atoms. The Morgan fingerprint density at radius 3 is 2.60 bits per heavy atom. The maximum absolute atomic E-state index is 5.72. The third-order valence-electron chi connectivity index (χ3n) is 4.96. The molecule has 0 aromatic carbocycles. The summed E-state index contributed by atoms with van der Waals surface area (Å²) in [5, 5.41) is 3.62. The van der Waals surface area contributed by atoms with Gasteiger partial charge in [-0.25, -0.2) is 0 Å². The summed E-state index contributed by atoms with van der Waals surface area (Å²) in [5.74, 6) is 0. The number of rotatable bonds is 7. The number of nitrogens with zero attached hydrogens (tertiary/aromatic N) is 2. The second kappa shape index (κ2) is 7.74. The molecule has 2 aliphatic rings. The van der Waals surface area contributed by atoms with Crippen LogP contribution in [0.5, 0.6) is 0 Å². The molecule has 0 aliphatic carbocycles. The van der Waals surface area contributed by atoms with E-state index in [4.69, 9.17) is 4.74 Å². The SMILES string of the molecule is CCCNCC1(CN2CCC(N(C)C)CC2)CCOC1. The van der Waals surface area contributed by atoms with Crippen LogP contribution in [0.3, 0.4) is 0 Å². The van der Waals surface area contributed by atoms with Crippen LogP contribution >= 0.6 is 0 Å². The van der Waals surface area contributed by atoms with E-state index in [1.54, 1.807) is 0 Å². The molecule has 4 heteroatoms. The average molecular weight is 283 g/mol. The summed E-state index contributed by atoms with van der Waals surface area (Å²) in [5.41, 5.74) is 0.361. The first-order valence-electron chi connectivity index (χ1n) is 8.32. The summed E-state index contributed by atoms with van der Waals surface area (Å²) >= 11 is 0. The van der Waals surface area contributed by atoms with Crippen LogP contribution in [0.2, 0.25) is 0 Å². The Hall–Kier alpha value is -0.160. The van der Waals surface area contributed by atoms with Crippen molar-refractivity contribution in [1.82, 2.24) is 15.1 Å². The highest BCUT2D eigenvalue weighted by Crippen LogP contribution is 2.30. The van der Waals surface area contributed by atoms with E-state index in [9.17, 15) is 0 Å². The molecule has 4 nitrogen and oxygen atoms in total.